The Morgan fingerprint density at radius 3 is 1.50 bits per heavy atom. The van der Waals surface area contributed by atoms with Crippen LogP contribution in [0.15, 0.2) is 48.5 Å². The summed E-state index contributed by atoms with van der Waals surface area (Å²) in [6.07, 6.45) is 17.8. The van der Waals surface area contributed by atoms with E-state index in [2.05, 4.69) is 68.5 Å². The Hall–Kier alpha value is -3.98. The number of hydrogen-bond donors (Lipinski definition) is 1. The Labute approximate surface area is 421 Å². The lowest BCUT2D eigenvalue weighted by Crippen LogP contribution is -2.58. The first-order valence-corrected chi connectivity index (χ1v) is 29.3. The molecule has 4 bridgehead atoms. The highest BCUT2D eigenvalue weighted by Gasteiger charge is 2.61. The van der Waals surface area contributed by atoms with Crippen LogP contribution in [0.4, 0.5) is 11.6 Å². The van der Waals surface area contributed by atoms with Crippen LogP contribution in [0.25, 0.3) is 20.2 Å². The number of fused-ring (bicyclic) bond motifs is 13. The van der Waals surface area contributed by atoms with Crippen molar-refractivity contribution in [2.45, 2.75) is 89.9 Å². The van der Waals surface area contributed by atoms with Gasteiger partial charge in [0.15, 0.2) is 5.82 Å². The molecule has 70 heavy (non-hydrogen) atoms. The molecule has 14 heteroatoms. The van der Waals surface area contributed by atoms with Crippen molar-refractivity contribution in [1.29, 1.82) is 0 Å². The number of imide groups is 2. The van der Waals surface area contributed by atoms with Crippen molar-refractivity contribution in [3.63, 3.8) is 0 Å². The summed E-state index contributed by atoms with van der Waals surface area (Å²) in [7, 11) is 0. The number of quaternary nitrogens is 1. The van der Waals surface area contributed by atoms with Crippen molar-refractivity contribution >= 4 is 78.5 Å². The van der Waals surface area contributed by atoms with Crippen LogP contribution in [0.5, 0.6) is 0 Å². The number of hydrogen-bond acceptors (Lipinski definition) is 11. The average molecular weight is 986 g/mol. The Morgan fingerprint density at radius 2 is 0.971 bits per heavy atom. The van der Waals surface area contributed by atoms with Gasteiger partial charge in [-0.25, -0.2) is 0 Å². The van der Waals surface area contributed by atoms with Gasteiger partial charge >= 0.3 is 0 Å². The topological polar surface area (TPSA) is 119 Å². The fourth-order valence-electron chi connectivity index (χ4n) is 17.0. The zero-order chi connectivity index (χ0) is 47.1. The lowest BCUT2D eigenvalue weighted by Gasteiger charge is -2.42. The first-order valence-electron chi connectivity index (χ1n) is 27.7. The number of aromatic nitrogens is 2. The number of rotatable bonds is 6. The molecule has 11 fully saturated rings. The number of piperazine rings is 2. The van der Waals surface area contributed by atoms with E-state index in [4.69, 9.17) is 8.75 Å². The molecule has 6 saturated carbocycles. The van der Waals surface area contributed by atoms with E-state index in [-0.39, 0.29) is 47.3 Å². The highest BCUT2D eigenvalue weighted by atomic mass is 32.1. The third-order valence-electron chi connectivity index (χ3n) is 20.5. The lowest BCUT2D eigenvalue weighted by atomic mass is 9.78. The number of carbonyl (C=O) groups is 4. The first kappa shape index (κ1) is 45.9. The minimum Gasteiger partial charge on any atom is -0.353 e. The van der Waals surface area contributed by atoms with E-state index < -0.39 is 0 Å². The smallest absolute Gasteiger partial charge is 0.233 e. The molecule has 5 saturated heterocycles. The van der Waals surface area contributed by atoms with Gasteiger partial charge in [-0.3, -0.25) is 34.3 Å². The first-order chi connectivity index (χ1) is 34.3. The van der Waals surface area contributed by atoms with Gasteiger partial charge in [0.25, 0.3) is 0 Å². The summed E-state index contributed by atoms with van der Waals surface area (Å²) in [5.41, 5.74) is 0. The third-order valence-corrected chi connectivity index (χ3v) is 22.1. The summed E-state index contributed by atoms with van der Waals surface area (Å²) < 4.78 is 13.5. The van der Waals surface area contributed by atoms with Gasteiger partial charge in [0.1, 0.15) is 5.82 Å². The largest absolute Gasteiger partial charge is 0.353 e. The van der Waals surface area contributed by atoms with E-state index >= 15 is 0 Å². The number of anilines is 2. The molecule has 12 atom stereocenters. The molecule has 11 aliphatic rings. The molecule has 4 amide bonds. The quantitative estimate of drug-likeness (QED) is 0.150. The molecule has 4 aromatic rings. The molecule has 0 radical (unpaired) electrons. The highest BCUT2D eigenvalue weighted by molar-refractivity contribution is 7.14. The summed E-state index contributed by atoms with van der Waals surface area (Å²) in [5.74, 6) is 8.04. The van der Waals surface area contributed by atoms with Crippen molar-refractivity contribution in [2.75, 3.05) is 88.3 Å². The van der Waals surface area contributed by atoms with E-state index in [9.17, 15) is 19.2 Å². The van der Waals surface area contributed by atoms with Gasteiger partial charge in [0.05, 0.1) is 72.3 Å². The molecule has 372 valence electrons. The average Bonchev–Trinajstić information content (AvgIpc) is 4.27. The molecule has 7 heterocycles. The van der Waals surface area contributed by atoms with Gasteiger partial charge in [0, 0.05) is 61.9 Å². The van der Waals surface area contributed by atoms with Gasteiger partial charge in [-0.1, -0.05) is 49.9 Å². The maximum absolute atomic E-state index is 13.3. The van der Waals surface area contributed by atoms with Gasteiger partial charge in [-0.2, -0.15) is 8.75 Å². The molecule has 1 unspecified atom stereocenters. The summed E-state index contributed by atoms with van der Waals surface area (Å²) in [6.45, 7) is 13.9. The Morgan fingerprint density at radius 1 is 0.514 bits per heavy atom. The van der Waals surface area contributed by atoms with E-state index in [1.54, 1.807) is 28.0 Å². The van der Waals surface area contributed by atoms with Crippen molar-refractivity contribution < 1.29 is 23.7 Å². The summed E-state index contributed by atoms with van der Waals surface area (Å²) in [5, 5.41) is 5.06. The number of amides is 4. The fraction of sp³-hybridized carbons (Fsp3) is 0.679. The standard InChI is InChI=1S/C28H36N4O2S.C19H26N3S.C9H11NO2/c33-27-24-18-9-10-19(15-18)25(24)28(34)32(27)17-21-6-2-1-5-20(21)16-30-11-13-31(14-12-30)26-22-7-3-4-8-23(22)35-29-26;1-2-6-16-14-22(13-15(16)5-1)11-9-21(10-12-22)19-17-7-3-4-8-18(17)23-20-19;11-8-6-4-1-2-5(3-4)7(6)9(12)10-8/h3-4,7-8,18-21,24-25H,1-2,5-6,9-17H2;3-4,7-8,15-16H,1-2,5-6,9-14H2;4-7H,1-3H2,(H,10,11,12)/q;+1;/t18-,19?,20+,21-,24-,25+;15-,16+;4-,5+,6-,7+/m0../s1. The number of benzene rings is 2. The van der Waals surface area contributed by atoms with E-state index in [0.29, 0.717) is 42.1 Å². The molecular weight excluding hydrogens is 913 g/mol. The minimum atomic E-state index is -0.00259. The molecule has 1 spiro atoms. The van der Waals surface area contributed by atoms with Crippen LogP contribution in [0, 0.1) is 71.0 Å². The number of carbonyl (C=O) groups excluding carboxylic acids is 4. The normalized spacial score (nSPS) is 36.1. The zero-order valence-corrected chi connectivity index (χ0v) is 42.6. The molecule has 15 rings (SSSR count). The van der Waals surface area contributed by atoms with Gasteiger partial charge in [0.2, 0.25) is 23.6 Å². The fourth-order valence-corrected chi connectivity index (χ4v) is 18.6. The molecule has 2 aromatic carbocycles. The maximum atomic E-state index is 13.3. The van der Waals surface area contributed by atoms with Crippen molar-refractivity contribution in [1.82, 2.24) is 23.9 Å². The van der Waals surface area contributed by atoms with Crippen LogP contribution >= 0.6 is 23.1 Å². The Kier molecular flexibility index (Phi) is 12.3. The minimum absolute atomic E-state index is 0.00259. The number of likely N-dealkylation sites (tertiary alicyclic amines) is 1. The van der Waals surface area contributed by atoms with E-state index in [0.717, 1.165) is 95.3 Å². The number of nitrogens with one attached hydrogen (secondary N) is 1. The van der Waals surface area contributed by atoms with Gasteiger partial charge in [-0.05, 0) is 147 Å². The van der Waals surface area contributed by atoms with Crippen LogP contribution in [-0.2, 0) is 19.2 Å². The summed E-state index contributed by atoms with van der Waals surface area (Å²) >= 11 is 3.25. The second-order valence-electron chi connectivity index (χ2n) is 24.0. The Bertz CT molecular complexity index is 2550. The van der Waals surface area contributed by atoms with Crippen LogP contribution in [0.3, 0.4) is 0 Å². The van der Waals surface area contributed by atoms with Crippen molar-refractivity contribution in [3.8, 4) is 0 Å². The van der Waals surface area contributed by atoms with Gasteiger partial charge < -0.3 is 14.3 Å². The van der Waals surface area contributed by atoms with Crippen LogP contribution in [0.2, 0.25) is 0 Å². The third kappa shape index (κ3) is 8.21. The van der Waals surface area contributed by atoms with Crippen LogP contribution < -0.4 is 15.1 Å². The SMILES string of the molecule is O=C1NC(=O)[C@H]2[C@H]3CC[C@H](C3)[C@@H]12.O=C1[C@H]2[C@H]3CCC(C3)[C@H]2C(=O)N1C[C@@H]1CCCC[C@@H]1CN1CCN(c2nsc3ccccc23)CC1.c1ccc2c(N3CC[N+]4(CC3)C[C@H]3CCCC[C@H]3C4)nsc2c1. The van der Waals surface area contributed by atoms with Crippen molar-refractivity contribution in [3.05, 3.63) is 48.5 Å². The second-order valence-corrected chi connectivity index (χ2v) is 25.6. The van der Waals surface area contributed by atoms with Gasteiger partial charge in [-0.15, -0.1) is 0 Å². The molecule has 1 N–H and O–H groups in total. The molecule has 5 aliphatic heterocycles. The maximum Gasteiger partial charge on any atom is 0.233 e. The molecule has 12 nitrogen and oxygen atoms in total. The van der Waals surface area contributed by atoms with Crippen LogP contribution in [0.1, 0.15) is 89.9 Å². The lowest BCUT2D eigenvalue weighted by molar-refractivity contribution is -0.919. The number of nitrogens with zero attached hydrogens (tertiary/aromatic N) is 7. The van der Waals surface area contributed by atoms with Crippen molar-refractivity contribution in [2.24, 2.45) is 71.0 Å². The molecule has 2 aromatic heterocycles. The van der Waals surface area contributed by atoms with E-state index in [1.807, 2.05) is 0 Å². The summed E-state index contributed by atoms with van der Waals surface area (Å²) in [6, 6.07) is 17.2. The second kappa shape index (κ2) is 18.8. The Balaban J connectivity index is 0.000000116. The zero-order valence-electron chi connectivity index (χ0n) is 41.0. The monoisotopic (exact) mass is 986 g/mol. The predicted molar refractivity (Wildman–Crippen MR) is 276 cm³/mol. The van der Waals surface area contributed by atoms with Crippen LogP contribution in [-0.4, -0.2) is 125 Å². The summed E-state index contributed by atoms with van der Waals surface area (Å²) in [4.78, 5) is 58.6. The molecular formula is C56H73N8O4S2+. The molecule has 6 aliphatic carbocycles. The van der Waals surface area contributed by atoms with E-state index in [1.165, 1.54) is 115 Å². The predicted octanol–water partition coefficient (Wildman–Crippen LogP) is 8.31. The highest BCUT2D eigenvalue weighted by Crippen LogP contribution is 2.57.